The number of hydrogen-bond donors (Lipinski definition) is 2. The topological polar surface area (TPSA) is 126 Å². The van der Waals surface area contributed by atoms with E-state index < -0.39 is 10.8 Å². The number of benzene rings is 3. The number of carbonyl (C=O) groups is 1. The summed E-state index contributed by atoms with van der Waals surface area (Å²) in [5.74, 6) is -0.0437. The zero-order valence-electron chi connectivity index (χ0n) is 17.4. The van der Waals surface area contributed by atoms with Gasteiger partial charge >= 0.3 is 0 Å². The smallest absolute Gasteiger partial charge is 0.267 e. The molecule has 35 heavy (non-hydrogen) atoms. The van der Waals surface area contributed by atoms with Crippen molar-refractivity contribution in [2.75, 3.05) is 0 Å². The monoisotopic (exact) mass is 546 g/mol. The van der Waals surface area contributed by atoms with Gasteiger partial charge in [0.15, 0.2) is 5.82 Å². The fraction of sp³-hybridized carbons (Fsp3) is 0. The summed E-state index contributed by atoms with van der Waals surface area (Å²) < 4.78 is 0. The Labute approximate surface area is 217 Å². The van der Waals surface area contributed by atoms with Crippen LogP contribution in [0.4, 0.5) is 5.69 Å². The number of aromatic amines is 1. The summed E-state index contributed by atoms with van der Waals surface area (Å²) in [6.45, 7) is 0. The van der Waals surface area contributed by atoms with E-state index in [0.29, 0.717) is 42.5 Å². The first-order valence-corrected chi connectivity index (χ1v) is 11.7. The van der Waals surface area contributed by atoms with E-state index >= 15 is 0 Å². The summed E-state index contributed by atoms with van der Waals surface area (Å²) in [5, 5.41) is 24.0. The number of rotatable bonds is 7. The van der Waals surface area contributed by atoms with Crippen LogP contribution in [0.1, 0.15) is 15.9 Å². The number of hydrogen-bond acceptors (Lipinski definition) is 7. The minimum Gasteiger partial charge on any atom is -0.267 e. The zero-order chi connectivity index (χ0) is 24.9. The van der Waals surface area contributed by atoms with Crippen LogP contribution >= 0.6 is 46.6 Å². The molecule has 0 atom stereocenters. The fourth-order valence-corrected chi connectivity index (χ4v) is 4.29. The quantitative estimate of drug-likeness (QED) is 0.160. The van der Waals surface area contributed by atoms with Crippen LogP contribution in [0.5, 0.6) is 0 Å². The minimum absolute atomic E-state index is 0.168. The van der Waals surface area contributed by atoms with Crippen molar-refractivity contribution in [1.82, 2.24) is 20.6 Å². The Morgan fingerprint density at radius 2 is 1.80 bits per heavy atom. The lowest BCUT2D eigenvalue weighted by molar-refractivity contribution is -0.387. The highest BCUT2D eigenvalue weighted by Gasteiger charge is 2.18. The molecule has 1 amide bonds. The van der Waals surface area contributed by atoms with Gasteiger partial charge in [0.25, 0.3) is 11.6 Å². The van der Waals surface area contributed by atoms with Gasteiger partial charge in [-0.3, -0.25) is 20.0 Å². The molecule has 0 bridgehead atoms. The number of halogens is 3. The van der Waals surface area contributed by atoms with E-state index in [9.17, 15) is 14.9 Å². The van der Waals surface area contributed by atoms with Gasteiger partial charge in [-0.05, 0) is 60.3 Å². The summed E-state index contributed by atoms with van der Waals surface area (Å²) in [5.41, 5.74) is 3.58. The lowest BCUT2D eigenvalue weighted by Crippen LogP contribution is -2.17. The third kappa shape index (κ3) is 6.17. The first kappa shape index (κ1) is 24.7. The van der Waals surface area contributed by atoms with E-state index in [1.54, 1.807) is 54.6 Å². The summed E-state index contributed by atoms with van der Waals surface area (Å²) >= 11 is 19.0. The second kappa shape index (κ2) is 10.9. The van der Waals surface area contributed by atoms with Crippen LogP contribution in [0, 0.1) is 10.1 Å². The van der Waals surface area contributed by atoms with Crippen LogP contribution in [0.15, 0.2) is 75.8 Å². The molecule has 0 fully saturated rings. The zero-order valence-corrected chi connectivity index (χ0v) is 20.5. The van der Waals surface area contributed by atoms with Crippen LogP contribution in [-0.4, -0.2) is 32.2 Å². The van der Waals surface area contributed by atoms with Crippen molar-refractivity contribution >= 4 is 64.4 Å². The third-order valence-corrected chi connectivity index (χ3v) is 6.25. The van der Waals surface area contributed by atoms with Gasteiger partial charge in [0.2, 0.25) is 5.16 Å². The number of carbonyl (C=O) groups excluding carboxylic acids is 1. The molecule has 2 N–H and O–H groups in total. The van der Waals surface area contributed by atoms with Crippen molar-refractivity contribution in [2.24, 2.45) is 5.10 Å². The van der Waals surface area contributed by atoms with Gasteiger partial charge in [-0.15, -0.1) is 5.10 Å². The predicted octanol–water partition coefficient (Wildman–Crippen LogP) is 6.26. The van der Waals surface area contributed by atoms with Crippen molar-refractivity contribution in [3.63, 3.8) is 0 Å². The number of aromatic nitrogens is 3. The Bertz CT molecular complexity index is 1440. The van der Waals surface area contributed by atoms with Gasteiger partial charge in [0.05, 0.1) is 21.1 Å². The maximum Gasteiger partial charge on any atom is 0.283 e. The number of H-pyrrole nitrogens is 1. The number of nitro groups is 1. The molecule has 0 radical (unpaired) electrons. The van der Waals surface area contributed by atoms with E-state index in [2.05, 4.69) is 25.7 Å². The standard InChI is InChI=1S/C22H13Cl3N6O3S/c23-14-4-2-13(3-5-14)21(32)29-26-11-12-1-8-19(18(9-12)31(33)34)35-22-27-20(28-30-22)16-7-6-15(24)10-17(16)25/h1-11H,(H,29,32)(H,27,28,30)/b26-11-. The number of hydrazone groups is 1. The highest BCUT2D eigenvalue weighted by Crippen LogP contribution is 2.35. The summed E-state index contributed by atoms with van der Waals surface area (Å²) in [4.78, 5) is 27.9. The number of nitrogens with one attached hydrogen (secondary N) is 2. The Morgan fingerprint density at radius 3 is 2.51 bits per heavy atom. The first-order valence-electron chi connectivity index (χ1n) is 9.73. The Hall–Kier alpha value is -3.44. The van der Waals surface area contributed by atoms with E-state index in [4.69, 9.17) is 34.8 Å². The van der Waals surface area contributed by atoms with Crippen LogP contribution in [-0.2, 0) is 0 Å². The van der Waals surface area contributed by atoms with Gasteiger partial charge in [0, 0.05) is 32.8 Å². The Balaban J connectivity index is 1.48. The number of amides is 1. The average Bonchev–Trinajstić information content (AvgIpc) is 3.28. The van der Waals surface area contributed by atoms with Crippen LogP contribution in [0.25, 0.3) is 11.4 Å². The Kier molecular flexibility index (Phi) is 7.67. The first-order chi connectivity index (χ1) is 16.8. The van der Waals surface area contributed by atoms with E-state index in [0.717, 1.165) is 11.8 Å². The fourth-order valence-electron chi connectivity index (χ4n) is 2.87. The van der Waals surface area contributed by atoms with Crippen LogP contribution < -0.4 is 5.43 Å². The SMILES string of the molecule is O=C(N/N=C\c1ccc(Sc2n[nH]c(-c3ccc(Cl)cc3Cl)n2)c([N+](=O)[O-])c1)c1ccc(Cl)cc1. The van der Waals surface area contributed by atoms with Crippen molar-refractivity contribution in [3.05, 3.63) is 97.0 Å². The molecule has 0 aliphatic heterocycles. The molecule has 3 aromatic carbocycles. The average molecular weight is 548 g/mol. The van der Waals surface area contributed by atoms with Gasteiger partial charge in [-0.25, -0.2) is 10.4 Å². The normalized spacial score (nSPS) is 11.1. The second-order valence-corrected chi connectivity index (χ2v) is 9.17. The number of nitro benzene ring substituents is 1. The second-order valence-electron chi connectivity index (χ2n) is 6.88. The molecular weight excluding hydrogens is 535 g/mol. The largest absolute Gasteiger partial charge is 0.283 e. The van der Waals surface area contributed by atoms with Gasteiger partial charge in [-0.1, -0.05) is 40.9 Å². The van der Waals surface area contributed by atoms with Gasteiger partial charge in [0.1, 0.15) is 0 Å². The molecule has 0 spiro atoms. The summed E-state index contributed by atoms with van der Waals surface area (Å²) in [6.07, 6.45) is 1.31. The molecule has 4 rings (SSSR count). The summed E-state index contributed by atoms with van der Waals surface area (Å²) in [6, 6.07) is 15.7. The lowest BCUT2D eigenvalue weighted by Gasteiger charge is -2.02. The van der Waals surface area contributed by atoms with Gasteiger partial charge < -0.3 is 0 Å². The highest BCUT2D eigenvalue weighted by molar-refractivity contribution is 7.99. The highest BCUT2D eigenvalue weighted by atomic mass is 35.5. The molecule has 0 unspecified atom stereocenters. The molecule has 13 heteroatoms. The van der Waals surface area contributed by atoms with Crippen LogP contribution in [0.2, 0.25) is 15.1 Å². The molecule has 0 saturated heterocycles. The van der Waals surface area contributed by atoms with Crippen molar-refractivity contribution in [1.29, 1.82) is 0 Å². The van der Waals surface area contributed by atoms with Crippen molar-refractivity contribution < 1.29 is 9.72 Å². The van der Waals surface area contributed by atoms with Gasteiger partial charge in [-0.2, -0.15) is 5.10 Å². The van der Waals surface area contributed by atoms with E-state index in [1.165, 1.54) is 12.3 Å². The molecular formula is C22H13Cl3N6O3S. The maximum atomic E-state index is 12.1. The lowest BCUT2D eigenvalue weighted by atomic mass is 10.2. The van der Waals surface area contributed by atoms with Crippen LogP contribution in [0.3, 0.4) is 0 Å². The number of nitrogens with zero attached hydrogens (tertiary/aromatic N) is 4. The third-order valence-electron chi connectivity index (χ3n) is 4.52. The molecule has 1 heterocycles. The molecule has 9 nitrogen and oxygen atoms in total. The Morgan fingerprint density at radius 1 is 1.06 bits per heavy atom. The molecule has 0 aliphatic rings. The summed E-state index contributed by atoms with van der Waals surface area (Å²) in [7, 11) is 0. The molecule has 0 aliphatic carbocycles. The maximum absolute atomic E-state index is 12.1. The van der Waals surface area contributed by atoms with E-state index in [-0.39, 0.29) is 10.8 Å². The molecule has 4 aromatic rings. The van der Waals surface area contributed by atoms with Crippen molar-refractivity contribution in [3.8, 4) is 11.4 Å². The predicted molar refractivity (Wildman–Crippen MR) is 136 cm³/mol. The minimum atomic E-state index is -0.518. The molecule has 176 valence electrons. The van der Waals surface area contributed by atoms with Crippen molar-refractivity contribution in [2.45, 2.75) is 10.1 Å². The van der Waals surface area contributed by atoms with E-state index in [1.807, 2.05) is 0 Å². The molecule has 1 aromatic heterocycles. The molecule has 0 saturated carbocycles.